The van der Waals surface area contributed by atoms with E-state index in [1.807, 2.05) is 16.9 Å². The number of allylic oxidation sites excluding steroid dienone is 1. The quantitative estimate of drug-likeness (QED) is 0.329. The summed E-state index contributed by atoms with van der Waals surface area (Å²) in [6, 6.07) is 19.2. The smallest absolute Gasteiger partial charge is 0.0861 e. The zero-order valence-electron chi connectivity index (χ0n) is 18.0. The minimum atomic E-state index is -0.630. The van der Waals surface area contributed by atoms with Gasteiger partial charge in [0.2, 0.25) is 0 Å². The second kappa shape index (κ2) is 12.4. The number of aliphatic hydroxyl groups is 2. The van der Waals surface area contributed by atoms with Crippen LogP contribution in [0.4, 0.5) is 0 Å². The van der Waals surface area contributed by atoms with E-state index < -0.39 is 6.10 Å². The third kappa shape index (κ3) is 7.98. The van der Waals surface area contributed by atoms with Crippen LogP contribution >= 0.6 is 11.8 Å². The van der Waals surface area contributed by atoms with Gasteiger partial charge in [-0.3, -0.25) is 4.68 Å². The number of aryl methyl sites for hydroxylation is 3. The topological polar surface area (TPSA) is 71.2 Å². The second-order valence-corrected chi connectivity index (χ2v) is 8.79. The van der Waals surface area contributed by atoms with Crippen LogP contribution in [0.25, 0.3) is 11.1 Å². The summed E-state index contributed by atoms with van der Waals surface area (Å²) in [5.41, 5.74) is 6.09. The van der Waals surface area contributed by atoms with Gasteiger partial charge in [-0.15, -0.1) is 5.10 Å². The molecule has 1 aromatic heterocycles. The van der Waals surface area contributed by atoms with Gasteiger partial charge in [0.1, 0.15) is 0 Å². The van der Waals surface area contributed by atoms with Crippen LogP contribution in [0.2, 0.25) is 0 Å². The molecule has 0 radical (unpaired) electrons. The van der Waals surface area contributed by atoms with Crippen LogP contribution in [0.15, 0.2) is 72.4 Å². The monoisotopic (exact) mass is 437 g/mol. The lowest BCUT2D eigenvalue weighted by atomic mass is 10.0. The highest BCUT2D eigenvalue weighted by atomic mass is 32.2. The molecule has 1 atom stereocenters. The summed E-state index contributed by atoms with van der Waals surface area (Å²) in [6.07, 6.45) is 6.33. The van der Waals surface area contributed by atoms with E-state index in [0.29, 0.717) is 5.75 Å². The Morgan fingerprint density at radius 3 is 2.55 bits per heavy atom. The Labute approximate surface area is 188 Å². The number of hydrogen-bond acceptors (Lipinski definition) is 5. The van der Waals surface area contributed by atoms with Crippen LogP contribution < -0.4 is 0 Å². The van der Waals surface area contributed by atoms with E-state index in [-0.39, 0.29) is 6.61 Å². The molecule has 0 aliphatic heterocycles. The molecule has 5 nitrogen and oxygen atoms in total. The third-order valence-electron chi connectivity index (χ3n) is 5.12. The van der Waals surface area contributed by atoms with Gasteiger partial charge < -0.3 is 10.2 Å². The van der Waals surface area contributed by atoms with Crippen molar-refractivity contribution in [2.45, 2.75) is 38.8 Å². The number of aromatic nitrogens is 3. The minimum absolute atomic E-state index is 0.177. The van der Waals surface area contributed by atoms with Gasteiger partial charge in [0.25, 0.3) is 0 Å². The molecule has 0 amide bonds. The predicted molar refractivity (Wildman–Crippen MR) is 128 cm³/mol. The highest BCUT2D eigenvalue weighted by Crippen LogP contribution is 2.19. The molecule has 3 aromatic rings. The lowest BCUT2D eigenvalue weighted by Gasteiger charge is -2.05. The molecule has 1 heterocycles. The highest BCUT2D eigenvalue weighted by molar-refractivity contribution is 7.99. The van der Waals surface area contributed by atoms with E-state index in [0.717, 1.165) is 37.3 Å². The van der Waals surface area contributed by atoms with E-state index in [1.54, 1.807) is 11.8 Å². The average molecular weight is 438 g/mol. The van der Waals surface area contributed by atoms with Gasteiger partial charge in [-0.1, -0.05) is 71.5 Å². The number of hydrogen-bond donors (Lipinski definition) is 2. The molecular weight excluding hydrogens is 406 g/mol. The van der Waals surface area contributed by atoms with Crippen molar-refractivity contribution < 1.29 is 10.2 Å². The van der Waals surface area contributed by atoms with E-state index in [9.17, 15) is 5.11 Å². The zero-order valence-corrected chi connectivity index (χ0v) is 18.8. The number of thioether (sulfide) groups is 1. The molecule has 2 N–H and O–H groups in total. The summed E-state index contributed by atoms with van der Waals surface area (Å²) in [5, 5.41) is 26.7. The summed E-state index contributed by atoms with van der Waals surface area (Å²) < 4.78 is 1.91. The van der Waals surface area contributed by atoms with Crippen LogP contribution in [-0.4, -0.2) is 49.4 Å². The molecule has 2 aromatic carbocycles. The van der Waals surface area contributed by atoms with E-state index in [1.165, 1.54) is 22.3 Å². The maximum atomic E-state index is 9.34. The van der Waals surface area contributed by atoms with Crippen molar-refractivity contribution in [2.75, 3.05) is 18.1 Å². The van der Waals surface area contributed by atoms with Gasteiger partial charge in [0.05, 0.1) is 18.4 Å². The fourth-order valence-electron chi connectivity index (χ4n) is 3.18. The fourth-order valence-corrected chi connectivity index (χ4v) is 4.10. The molecule has 0 saturated carbocycles. The molecule has 1 unspecified atom stereocenters. The van der Waals surface area contributed by atoms with Crippen LogP contribution in [0.3, 0.4) is 0 Å². The Kier molecular flexibility index (Phi) is 9.34. The molecule has 0 aliphatic carbocycles. The van der Waals surface area contributed by atoms with Gasteiger partial charge in [-0.25, -0.2) is 0 Å². The maximum Gasteiger partial charge on any atom is 0.0861 e. The Morgan fingerprint density at radius 2 is 1.81 bits per heavy atom. The summed E-state index contributed by atoms with van der Waals surface area (Å²) in [4.78, 5) is 0. The van der Waals surface area contributed by atoms with Gasteiger partial charge in [0, 0.05) is 24.2 Å². The SMILES string of the molecule is C/C(=C\CSCC(O)CO)CCn1cc(CCc2ccc(-c3ccccc3)cc2)nn1. The number of nitrogens with zero attached hydrogens (tertiary/aromatic N) is 3. The number of benzene rings is 2. The Morgan fingerprint density at radius 1 is 1.06 bits per heavy atom. The number of rotatable bonds is 12. The Hall–Kier alpha value is -2.41. The standard InChI is InChI=1S/C25H31N3O2S/c1-20(14-16-31-19-25(30)18-29)13-15-28-17-24(26-27-28)12-9-21-7-10-23(11-8-21)22-5-3-2-4-6-22/h2-8,10-11,14,17,25,29-30H,9,12-13,15-16,18-19H2,1H3/b20-14+. The first-order valence-corrected chi connectivity index (χ1v) is 11.8. The highest BCUT2D eigenvalue weighted by Gasteiger charge is 2.04. The van der Waals surface area contributed by atoms with Gasteiger partial charge in [0.15, 0.2) is 0 Å². The van der Waals surface area contributed by atoms with Crippen molar-refractivity contribution in [3.05, 3.63) is 83.7 Å². The minimum Gasteiger partial charge on any atom is -0.394 e. The van der Waals surface area contributed by atoms with Crippen LogP contribution in [-0.2, 0) is 19.4 Å². The average Bonchev–Trinajstić information content (AvgIpc) is 3.28. The molecule has 0 bridgehead atoms. The summed E-state index contributed by atoms with van der Waals surface area (Å²) in [5.74, 6) is 1.40. The molecule has 0 aliphatic rings. The van der Waals surface area contributed by atoms with Gasteiger partial charge >= 0.3 is 0 Å². The first-order valence-electron chi connectivity index (χ1n) is 10.7. The molecule has 6 heteroatoms. The van der Waals surface area contributed by atoms with Crippen molar-refractivity contribution in [1.29, 1.82) is 0 Å². The molecule has 0 spiro atoms. The Balaban J connectivity index is 1.41. The first-order chi connectivity index (χ1) is 15.1. The zero-order chi connectivity index (χ0) is 21.9. The lowest BCUT2D eigenvalue weighted by molar-refractivity contribution is 0.113. The van der Waals surface area contributed by atoms with Crippen LogP contribution in [0.1, 0.15) is 24.6 Å². The van der Waals surface area contributed by atoms with Crippen molar-refractivity contribution in [3.63, 3.8) is 0 Å². The van der Waals surface area contributed by atoms with Crippen molar-refractivity contribution in [2.24, 2.45) is 0 Å². The molecule has 164 valence electrons. The number of aliphatic hydroxyl groups excluding tert-OH is 2. The summed E-state index contributed by atoms with van der Waals surface area (Å²) >= 11 is 1.62. The van der Waals surface area contributed by atoms with Crippen LogP contribution in [0, 0.1) is 0 Å². The van der Waals surface area contributed by atoms with Crippen molar-refractivity contribution in [1.82, 2.24) is 15.0 Å². The van der Waals surface area contributed by atoms with Crippen molar-refractivity contribution in [3.8, 4) is 11.1 Å². The van der Waals surface area contributed by atoms with Gasteiger partial charge in [-0.2, -0.15) is 11.8 Å². The normalized spacial score (nSPS) is 12.8. The first kappa shape index (κ1) is 23.3. The van der Waals surface area contributed by atoms with Gasteiger partial charge in [-0.05, 0) is 42.9 Å². The molecule has 3 rings (SSSR count). The third-order valence-corrected chi connectivity index (χ3v) is 6.15. The fraction of sp³-hybridized carbons (Fsp3) is 0.360. The molecule has 31 heavy (non-hydrogen) atoms. The largest absolute Gasteiger partial charge is 0.394 e. The van der Waals surface area contributed by atoms with E-state index >= 15 is 0 Å². The van der Waals surface area contributed by atoms with Crippen molar-refractivity contribution >= 4 is 11.8 Å². The second-order valence-electron chi connectivity index (χ2n) is 7.71. The molecule has 0 fully saturated rings. The maximum absolute atomic E-state index is 9.34. The van der Waals surface area contributed by atoms with E-state index in [2.05, 4.69) is 71.8 Å². The summed E-state index contributed by atoms with van der Waals surface area (Å²) in [6.45, 7) is 2.74. The predicted octanol–water partition coefficient (Wildman–Crippen LogP) is 4.15. The molecular formula is C25H31N3O2S. The lowest BCUT2D eigenvalue weighted by Crippen LogP contribution is -2.14. The Bertz CT molecular complexity index is 939. The van der Waals surface area contributed by atoms with E-state index in [4.69, 9.17) is 5.11 Å². The van der Waals surface area contributed by atoms with Crippen LogP contribution in [0.5, 0.6) is 0 Å². The molecule has 0 saturated heterocycles. The summed E-state index contributed by atoms with van der Waals surface area (Å²) in [7, 11) is 0.